The summed E-state index contributed by atoms with van der Waals surface area (Å²) in [5, 5.41) is 8.99. The van der Waals surface area contributed by atoms with E-state index in [1.54, 1.807) is 13.0 Å². The van der Waals surface area contributed by atoms with Gasteiger partial charge in [-0.05, 0) is 42.3 Å². The number of sulfonamides is 1. The highest BCUT2D eigenvalue weighted by Crippen LogP contribution is 2.27. The van der Waals surface area contributed by atoms with Gasteiger partial charge in [-0.15, -0.1) is 0 Å². The maximum absolute atomic E-state index is 12.5. The van der Waals surface area contributed by atoms with Crippen molar-refractivity contribution in [1.29, 1.82) is 0 Å². The van der Waals surface area contributed by atoms with Crippen molar-refractivity contribution in [3.05, 3.63) is 54.2 Å². The van der Waals surface area contributed by atoms with Gasteiger partial charge in [0.1, 0.15) is 5.69 Å². The van der Waals surface area contributed by atoms with Crippen molar-refractivity contribution >= 4 is 27.3 Å². The molecule has 0 radical (unpaired) electrons. The number of benzene rings is 1. The Hall–Kier alpha value is -2.87. The average Bonchev–Trinajstić information content (AvgIpc) is 2.54. The fourth-order valence-electron chi connectivity index (χ4n) is 1.92. The number of ether oxygens (including phenoxy) is 1. The van der Waals surface area contributed by atoms with Crippen LogP contribution in [-0.4, -0.2) is 31.6 Å². The second-order valence-electron chi connectivity index (χ2n) is 5.00. The lowest BCUT2D eigenvalue weighted by atomic mass is 10.1. The number of carbonyl (C=O) groups is 1. The van der Waals surface area contributed by atoms with E-state index in [4.69, 9.17) is 9.84 Å². The Bertz CT molecular complexity index is 906. The lowest BCUT2D eigenvalue weighted by Gasteiger charge is -2.13. The Morgan fingerprint density at radius 1 is 1.29 bits per heavy atom. The summed E-state index contributed by atoms with van der Waals surface area (Å²) >= 11 is 0. The molecular formula is C16H16N2O5S. The van der Waals surface area contributed by atoms with Crippen LogP contribution in [-0.2, 0) is 10.0 Å². The molecule has 1 aromatic heterocycles. The van der Waals surface area contributed by atoms with Crippen LogP contribution in [0.3, 0.4) is 0 Å². The van der Waals surface area contributed by atoms with Crippen molar-refractivity contribution in [2.75, 3.05) is 11.8 Å². The third-order valence-corrected chi connectivity index (χ3v) is 4.54. The summed E-state index contributed by atoms with van der Waals surface area (Å²) in [6.45, 7) is 5.55. The van der Waals surface area contributed by atoms with Gasteiger partial charge >= 0.3 is 5.97 Å². The zero-order chi connectivity index (χ0) is 17.9. The number of nitrogens with one attached hydrogen (secondary N) is 1. The second-order valence-corrected chi connectivity index (χ2v) is 6.68. The van der Waals surface area contributed by atoms with E-state index in [0.29, 0.717) is 11.1 Å². The van der Waals surface area contributed by atoms with Crippen molar-refractivity contribution < 1.29 is 23.1 Å². The quantitative estimate of drug-likeness (QED) is 0.831. The van der Waals surface area contributed by atoms with Gasteiger partial charge in [0.15, 0.2) is 0 Å². The molecule has 0 aliphatic carbocycles. The van der Waals surface area contributed by atoms with E-state index in [0.717, 1.165) is 6.07 Å². The fraction of sp³-hybridized carbons (Fsp3) is 0.125. The highest BCUT2D eigenvalue weighted by atomic mass is 32.2. The normalized spacial score (nSPS) is 10.9. The molecule has 126 valence electrons. The smallest absolute Gasteiger partial charge is 0.335 e. The molecule has 2 aromatic rings. The molecule has 0 amide bonds. The number of aromatic nitrogens is 1. The highest BCUT2D eigenvalue weighted by Gasteiger charge is 2.19. The van der Waals surface area contributed by atoms with Gasteiger partial charge in [-0.2, -0.15) is 0 Å². The van der Waals surface area contributed by atoms with Crippen LogP contribution < -0.4 is 9.46 Å². The molecule has 8 heteroatoms. The molecule has 0 saturated carbocycles. The largest absolute Gasteiger partial charge is 0.480 e. The van der Waals surface area contributed by atoms with Crippen LogP contribution >= 0.6 is 0 Å². The summed E-state index contributed by atoms with van der Waals surface area (Å²) < 4.78 is 32.5. The molecule has 0 fully saturated rings. The monoisotopic (exact) mass is 348 g/mol. The topological polar surface area (TPSA) is 106 Å². The first-order chi connectivity index (χ1) is 11.2. The van der Waals surface area contributed by atoms with Crippen LogP contribution in [0.1, 0.15) is 22.8 Å². The number of allylic oxidation sites excluding steroid dienone is 1. The first kappa shape index (κ1) is 17.5. The third-order valence-electron chi connectivity index (χ3n) is 3.17. The van der Waals surface area contributed by atoms with E-state index in [1.165, 1.54) is 31.5 Å². The minimum atomic E-state index is -4.01. The van der Waals surface area contributed by atoms with Gasteiger partial charge in [0, 0.05) is 6.20 Å². The van der Waals surface area contributed by atoms with Gasteiger partial charge in [-0.1, -0.05) is 12.6 Å². The Morgan fingerprint density at radius 3 is 2.58 bits per heavy atom. The lowest BCUT2D eigenvalue weighted by molar-refractivity contribution is 0.0696. The maximum Gasteiger partial charge on any atom is 0.335 e. The van der Waals surface area contributed by atoms with Crippen LogP contribution in [0, 0.1) is 0 Å². The Balaban J connectivity index is 2.46. The van der Waals surface area contributed by atoms with Crippen LogP contribution in [0.25, 0.3) is 5.57 Å². The van der Waals surface area contributed by atoms with Crippen LogP contribution in [0.5, 0.6) is 5.88 Å². The predicted octanol–water partition coefficient (Wildman–Crippen LogP) is 2.62. The van der Waals surface area contributed by atoms with Crippen molar-refractivity contribution in [2.24, 2.45) is 0 Å². The van der Waals surface area contributed by atoms with E-state index >= 15 is 0 Å². The lowest BCUT2D eigenvalue weighted by Crippen LogP contribution is -2.15. The molecule has 0 atom stereocenters. The molecule has 0 spiro atoms. The van der Waals surface area contributed by atoms with Gasteiger partial charge in [-0.3, -0.25) is 4.72 Å². The fourth-order valence-corrected chi connectivity index (χ4v) is 3.01. The Morgan fingerprint density at radius 2 is 2.00 bits per heavy atom. The summed E-state index contributed by atoms with van der Waals surface area (Å²) in [6.07, 6.45) is 1.52. The molecule has 2 N–H and O–H groups in total. The number of hydrogen-bond donors (Lipinski definition) is 2. The number of carboxylic acids is 1. The minimum absolute atomic E-state index is 0.0953. The van der Waals surface area contributed by atoms with Gasteiger partial charge in [0.05, 0.1) is 17.6 Å². The number of hydrogen-bond acceptors (Lipinski definition) is 5. The van der Waals surface area contributed by atoms with Gasteiger partial charge in [-0.25, -0.2) is 18.2 Å². The predicted molar refractivity (Wildman–Crippen MR) is 89.7 cm³/mol. The van der Waals surface area contributed by atoms with Gasteiger partial charge in [0.2, 0.25) is 5.88 Å². The number of nitrogens with zero attached hydrogens (tertiary/aromatic N) is 1. The molecule has 0 aliphatic heterocycles. The van der Waals surface area contributed by atoms with E-state index in [9.17, 15) is 13.2 Å². The number of aromatic carboxylic acids is 1. The Labute approximate surface area is 139 Å². The van der Waals surface area contributed by atoms with Crippen molar-refractivity contribution in [3.63, 3.8) is 0 Å². The zero-order valence-electron chi connectivity index (χ0n) is 13.1. The molecular weight excluding hydrogens is 332 g/mol. The number of carboxylic acid groups (broad SMARTS) is 1. The minimum Gasteiger partial charge on any atom is -0.480 e. The zero-order valence-corrected chi connectivity index (χ0v) is 13.9. The number of methoxy groups -OCH3 is 1. The highest BCUT2D eigenvalue weighted by molar-refractivity contribution is 7.92. The summed E-state index contributed by atoms with van der Waals surface area (Å²) in [5.74, 6) is -1.12. The first-order valence-corrected chi connectivity index (χ1v) is 8.29. The number of anilines is 1. The van der Waals surface area contributed by atoms with E-state index in [-0.39, 0.29) is 22.0 Å². The SMILES string of the molecule is C=C(C)c1cnc(OC)c(NS(=O)(=O)c2cccc(C(=O)O)c2)c1. The summed E-state index contributed by atoms with van der Waals surface area (Å²) in [7, 11) is -2.64. The average molecular weight is 348 g/mol. The van der Waals surface area contributed by atoms with Crippen molar-refractivity contribution in [3.8, 4) is 5.88 Å². The number of rotatable bonds is 6. The van der Waals surface area contributed by atoms with Crippen LogP contribution in [0.4, 0.5) is 5.69 Å². The maximum atomic E-state index is 12.5. The number of pyridine rings is 1. The molecule has 1 aromatic carbocycles. The Kier molecular flexibility index (Phi) is 4.89. The van der Waals surface area contributed by atoms with Crippen molar-refractivity contribution in [1.82, 2.24) is 4.98 Å². The van der Waals surface area contributed by atoms with Crippen LogP contribution in [0.2, 0.25) is 0 Å². The third kappa shape index (κ3) is 3.72. The summed E-state index contributed by atoms with van der Waals surface area (Å²) in [6, 6.07) is 6.60. The first-order valence-electron chi connectivity index (χ1n) is 6.80. The summed E-state index contributed by atoms with van der Waals surface area (Å²) in [4.78, 5) is 14.9. The summed E-state index contributed by atoms with van der Waals surface area (Å²) in [5.41, 5.74) is 1.36. The molecule has 1 heterocycles. The molecule has 2 rings (SSSR count). The standard InChI is InChI=1S/C16H16N2O5S/c1-10(2)12-8-14(15(23-3)17-9-12)18-24(21,22)13-6-4-5-11(7-13)16(19)20/h4-9,18H,1H2,2-3H3,(H,19,20). The molecule has 0 saturated heterocycles. The second kappa shape index (κ2) is 6.71. The molecule has 24 heavy (non-hydrogen) atoms. The van der Waals surface area contributed by atoms with E-state index in [2.05, 4.69) is 16.3 Å². The molecule has 0 aliphatic rings. The van der Waals surface area contributed by atoms with E-state index < -0.39 is 16.0 Å². The molecule has 7 nitrogen and oxygen atoms in total. The van der Waals surface area contributed by atoms with Crippen molar-refractivity contribution in [2.45, 2.75) is 11.8 Å². The van der Waals surface area contributed by atoms with E-state index in [1.807, 2.05) is 0 Å². The van der Waals surface area contributed by atoms with Gasteiger partial charge < -0.3 is 9.84 Å². The molecule has 0 bridgehead atoms. The molecule has 0 unspecified atom stereocenters. The van der Waals surface area contributed by atoms with Crippen LogP contribution in [0.15, 0.2) is 48.0 Å². The van der Waals surface area contributed by atoms with Gasteiger partial charge in [0.25, 0.3) is 10.0 Å².